The molecule has 0 amide bonds. The van der Waals surface area contributed by atoms with Gasteiger partial charge in [-0.25, -0.2) is 4.79 Å². The molecule has 0 bridgehead atoms. The monoisotopic (exact) mass is 359 g/mol. The molecule has 0 aliphatic rings. The van der Waals surface area contributed by atoms with E-state index in [2.05, 4.69) is 18.7 Å². The first kappa shape index (κ1) is 22.5. The van der Waals surface area contributed by atoms with Crippen molar-refractivity contribution >= 4 is 18.6 Å². The lowest BCUT2D eigenvalue weighted by Crippen LogP contribution is -2.20. The summed E-state index contributed by atoms with van der Waals surface area (Å²) in [5.41, 5.74) is 1.86. The highest BCUT2D eigenvalue weighted by Gasteiger charge is 2.16. The standard InChI is InChI=1S/C18H29NO4.ClH/c1-12(2)15-11-16(23-18(20)22-13(3)4)14(5)10-17(15)21-9-8-19(6)7;/h10-13H,8-9H2,1-7H3;1H. The van der Waals surface area contributed by atoms with Crippen molar-refractivity contribution in [2.45, 2.75) is 46.6 Å². The molecule has 0 unspecified atom stereocenters. The van der Waals surface area contributed by atoms with E-state index in [0.29, 0.717) is 12.4 Å². The summed E-state index contributed by atoms with van der Waals surface area (Å²) in [6.45, 7) is 11.1. The van der Waals surface area contributed by atoms with Gasteiger partial charge >= 0.3 is 6.16 Å². The fourth-order valence-corrected chi connectivity index (χ4v) is 2.01. The Bertz CT molecular complexity index is 530. The summed E-state index contributed by atoms with van der Waals surface area (Å²) < 4.78 is 16.3. The molecule has 1 aromatic carbocycles. The molecular weight excluding hydrogens is 330 g/mol. The minimum absolute atomic E-state index is 0. The molecule has 6 heteroatoms. The molecule has 5 nitrogen and oxygen atoms in total. The second-order valence-corrected chi connectivity index (χ2v) is 6.48. The molecule has 0 spiro atoms. The molecular formula is C18H30ClNO4. The fraction of sp³-hybridized carbons (Fsp3) is 0.611. The number of likely N-dealkylation sites (N-methyl/N-ethyl adjacent to an activating group) is 1. The van der Waals surface area contributed by atoms with Gasteiger partial charge in [-0.05, 0) is 58.5 Å². The van der Waals surface area contributed by atoms with Gasteiger partial charge < -0.3 is 19.1 Å². The lowest BCUT2D eigenvalue weighted by atomic mass is 10.00. The van der Waals surface area contributed by atoms with Crippen LogP contribution in [-0.2, 0) is 4.74 Å². The highest BCUT2D eigenvalue weighted by atomic mass is 35.5. The lowest BCUT2D eigenvalue weighted by Gasteiger charge is -2.18. The number of hydrogen-bond donors (Lipinski definition) is 0. The zero-order valence-electron chi connectivity index (χ0n) is 15.7. The highest BCUT2D eigenvalue weighted by Crippen LogP contribution is 2.33. The van der Waals surface area contributed by atoms with Crippen LogP contribution >= 0.6 is 12.4 Å². The van der Waals surface area contributed by atoms with Crippen molar-refractivity contribution in [1.82, 2.24) is 4.90 Å². The Morgan fingerprint density at radius 3 is 2.25 bits per heavy atom. The van der Waals surface area contributed by atoms with E-state index in [1.807, 2.05) is 33.2 Å². The van der Waals surface area contributed by atoms with E-state index in [1.54, 1.807) is 13.8 Å². The Kier molecular flexibility index (Phi) is 9.78. The van der Waals surface area contributed by atoms with Crippen molar-refractivity contribution in [2.75, 3.05) is 27.2 Å². The number of halogens is 1. The molecule has 0 aromatic heterocycles. The number of aryl methyl sites for hydroxylation is 1. The number of ether oxygens (including phenoxy) is 3. The average Bonchev–Trinajstić information content (AvgIpc) is 2.39. The topological polar surface area (TPSA) is 48.0 Å². The molecule has 0 saturated heterocycles. The largest absolute Gasteiger partial charge is 0.514 e. The van der Waals surface area contributed by atoms with Crippen LogP contribution in [0.3, 0.4) is 0 Å². The van der Waals surface area contributed by atoms with Gasteiger partial charge in [-0.3, -0.25) is 0 Å². The highest BCUT2D eigenvalue weighted by molar-refractivity contribution is 5.85. The number of carbonyl (C=O) groups excluding carboxylic acids is 1. The van der Waals surface area contributed by atoms with E-state index in [1.165, 1.54) is 0 Å². The smallest absolute Gasteiger partial charge is 0.492 e. The molecule has 0 N–H and O–H groups in total. The van der Waals surface area contributed by atoms with Crippen LogP contribution in [0, 0.1) is 6.92 Å². The molecule has 0 aliphatic carbocycles. The number of hydrogen-bond acceptors (Lipinski definition) is 5. The van der Waals surface area contributed by atoms with E-state index in [9.17, 15) is 4.79 Å². The summed E-state index contributed by atoms with van der Waals surface area (Å²) in [5, 5.41) is 0. The zero-order chi connectivity index (χ0) is 17.6. The Labute approximate surface area is 151 Å². The minimum Gasteiger partial charge on any atom is -0.492 e. The molecule has 0 heterocycles. The molecule has 0 aliphatic heterocycles. The van der Waals surface area contributed by atoms with Crippen molar-refractivity contribution < 1.29 is 19.0 Å². The summed E-state index contributed by atoms with van der Waals surface area (Å²) in [6, 6.07) is 3.79. The summed E-state index contributed by atoms with van der Waals surface area (Å²) in [6.07, 6.45) is -0.889. The van der Waals surface area contributed by atoms with Crippen LogP contribution in [0.15, 0.2) is 12.1 Å². The third-order valence-corrected chi connectivity index (χ3v) is 3.25. The second-order valence-electron chi connectivity index (χ2n) is 6.48. The lowest BCUT2D eigenvalue weighted by molar-refractivity contribution is 0.0726. The summed E-state index contributed by atoms with van der Waals surface area (Å²) in [5.74, 6) is 1.61. The van der Waals surface area contributed by atoms with Crippen LogP contribution in [0.1, 0.15) is 44.7 Å². The van der Waals surface area contributed by atoms with Crippen LogP contribution in [0.2, 0.25) is 0 Å². The maximum Gasteiger partial charge on any atom is 0.514 e. The third-order valence-electron chi connectivity index (χ3n) is 3.25. The van der Waals surface area contributed by atoms with Crippen molar-refractivity contribution in [3.05, 3.63) is 23.3 Å². The maximum absolute atomic E-state index is 11.7. The average molecular weight is 360 g/mol. The number of nitrogens with zero attached hydrogens (tertiary/aromatic N) is 1. The zero-order valence-corrected chi connectivity index (χ0v) is 16.5. The molecule has 0 atom stereocenters. The molecule has 1 rings (SSSR count). The Balaban J connectivity index is 0.00000529. The van der Waals surface area contributed by atoms with Crippen molar-refractivity contribution in [1.29, 1.82) is 0 Å². The van der Waals surface area contributed by atoms with Crippen LogP contribution in [0.4, 0.5) is 4.79 Å². The van der Waals surface area contributed by atoms with E-state index in [0.717, 1.165) is 23.4 Å². The quantitative estimate of drug-likeness (QED) is 0.533. The Hall–Kier alpha value is -1.46. The molecule has 0 saturated carbocycles. The van der Waals surface area contributed by atoms with E-state index in [4.69, 9.17) is 14.2 Å². The van der Waals surface area contributed by atoms with Crippen LogP contribution in [-0.4, -0.2) is 44.4 Å². The normalized spacial score (nSPS) is 10.8. The third kappa shape index (κ3) is 7.41. The first-order valence-corrected chi connectivity index (χ1v) is 8.01. The Morgan fingerprint density at radius 1 is 1.12 bits per heavy atom. The first-order valence-electron chi connectivity index (χ1n) is 8.01. The molecule has 0 fully saturated rings. The van der Waals surface area contributed by atoms with Gasteiger partial charge in [-0.15, -0.1) is 12.4 Å². The van der Waals surface area contributed by atoms with Gasteiger partial charge in [0.1, 0.15) is 18.1 Å². The molecule has 1 aromatic rings. The van der Waals surface area contributed by atoms with E-state index in [-0.39, 0.29) is 24.4 Å². The first-order chi connectivity index (χ1) is 10.7. The van der Waals surface area contributed by atoms with Crippen LogP contribution in [0.25, 0.3) is 0 Å². The number of benzene rings is 1. The van der Waals surface area contributed by atoms with E-state index < -0.39 is 6.16 Å². The van der Waals surface area contributed by atoms with Gasteiger partial charge in [-0.2, -0.15) is 0 Å². The van der Waals surface area contributed by atoms with Crippen molar-refractivity contribution in [3.8, 4) is 11.5 Å². The predicted octanol–water partition coefficient (Wildman–Crippen LogP) is 4.40. The van der Waals surface area contributed by atoms with Gasteiger partial charge in [0.2, 0.25) is 0 Å². The summed E-state index contributed by atoms with van der Waals surface area (Å²) in [7, 11) is 4.02. The maximum atomic E-state index is 11.7. The number of carbonyl (C=O) groups is 1. The molecule has 138 valence electrons. The van der Waals surface area contributed by atoms with Gasteiger partial charge in [0, 0.05) is 12.1 Å². The number of rotatable bonds is 7. The second kappa shape index (κ2) is 10.4. The molecule has 0 radical (unpaired) electrons. The van der Waals surface area contributed by atoms with Crippen LogP contribution < -0.4 is 9.47 Å². The van der Waals surface area contributed by atoms with Gasteiger partial charge in [0.25, 0.3) is 0 Å². The van der Waals surface area contributed by atoms with Crippen molar-refractivity contribution in [3.63, 3.8) is 0 Å². The minimum atomic E-state index is -0.681. The van der Waals surface area contributed by atoms with Gasteiger partial charge in [-0.1, -0.05) is 13.8 Å². The molecule has 24 heavy (non-hydrogen) atoms. The predicted molar refractivity (Wildman–Crippen MR) is 98.8 cm³/mol. The van der Waals surface area contributed by atoms with Crippen LogP contribution in [0.5, 0.6) is 11.5 Å². The Morgan fingerprint density at radius 2 is 1.75 bits per heavy atom. The van der Waals surface area contributed by atoms with E-state index >= 15 is 0 Å². The van der Waals surface area contributed by atoms with Gasteiger partial charge in [0.05, 0.1) is 6.10 Å². The summed E-state index contributed by atoms with van der Waals surface area (Å²) >= 11 is 0. The van der Waals surface area contributed by atoms with Crippen molar-refractivity contribution in [2.24, 2.45) is 0 Å². The van der Waals surface area contributed by atoms with Gasteiger partial charge in [0.15, 0.2) is 0 Å². The summed E-state index contributed by atoms with van der Waals surface area (Å²) in [4.78, 5) is 13.8. The SMILES string of the molecule is Cc1cc(OCCN(C)C)c(C(C)C)cc1OC(=O)OC(C)C.Cl. The fourth-order valence-electron chi connectivity index (χ4n) is 2.01.